The standard InChI is InChI=1S/C26H24F2N6.3C2H6/c1-12(2)20-14(4)21(17-7-8-19(27)13(3)22(17)18(9-29)16(6)30)15(5)24-23(20)25(33-26(28)32-24)34-10-31-11-34;3*1-2/h7-8,10H,1,11H2,2-6H3,(H2,30,32,33);3*1-2H3/p+1. The summed E-state index contributed by atoms with van der Waals surface area (Å²) in [7, 11) is 0. The first-order valence-corrected chi connectivity index (χ1v) is 13.7. The minimum Gasteiger partial charge on any atom is -0.401 e. The van der Waals surface area contributed by atoms with E-state index >= 15 is 0 Å². The summed E-state index contributed by atoms with van der Waals surface area (Å²) in [5.74, 6) is 0.00312. The molecule has 0 radical (unpaired) electrons. The predicted molar refractivity (Wildman–Crippen MR) is 164 cm³/mol. The van der Waals surface area contributed by atoms with Gasteiger partial charge in [0.05, 0.1) is 16.5 Å². The summed E-state index contributed by atoms with van der Waals surface area (Å²) in [5.41, 5.74) is 12.1. The highest BCUT2D eigenvalue weighted by atomic mass is 19.1. The summed E-state index contributed by atoms with van der Waals surface area (Å²) in [6, 6.07) is 5.12. The third-order valence-corrected chi connectivity index (χ3v) is 6.22. The van der Waals surface area contributed by atoms with Gasteiger partial charge >= 0.3 is 6.08 Å². The van der Waals surface area contributed by atoms with E-state index < -0.39 is 11.9 Å². The molecule has 0 bridgehead atoms. The molecule has 2 heterocycles. The third-order valence-electron chi connectivity index (χ3n) is 6.22. The summed E-state index contributed by atoms with van der Waals surface area (Å²) in [5, 5.41) is 13.6. The van der Waals surface area contributed by atoms with Gasteiger partial charge in [-0.15, -0.1) is 4.39 Å². The minimum atomic E-state index is -0.848. The van der Waals surface area contributed by atoms with Crippen LogP contribution in [-0.2, 0) is 0 Å². The van der Waals surface area contributed by atoms with Crippen molar-refractivity contribution in [3.05, 3.63) is 64.1 Å². The van der Waals surface area contributed by atoms with E-state index in [1.807, 2.05) is 62.3 Å². The summed E-state index contributed by atoms with van der Waals surface area (Å²) >= 11 is 0. The molecule has 3 N–H and O–H groups in total. The third kappa shape index (κ3) is 6.20. The van der Waals surface area contributed by atoms with E-state index in [2.05, 4.69) is 27.9 Å². The zero-order valence-electron chi connectivity index (χ0n) is 25.8. The van der Waals surface area contributed by atoms with Crippen molar-refractivity contribution in [3.63, 3.8) is 0 Å². The van der Waals surface area contributed by atoms with Crippen molar-refractivity contribution in [2.75, 3.05) is 6.67 Å². The number of fused-ring (bicyclic) bond motifs is 1. The normalized spacial score (nSPS) is 11.9. The van der Waals surface area contributed by atoms with E-state index in [4.69, 9.17) is 5.73 Å². The molecule has 6 nitrogen and oxygen atoms in total. The van der Waals surface area contributed by atoms with Crippen molar-refractivity contribution < 1.29 is 13.4 Å². The van der Waals surface area contributed by atoms with Gasteiger partial charge in [0.2, 0.25) is 0 Å². The minimum absolute atomic E-state index is 0.193. The van der Waals surface area contributed by atoms with E-state index in [9.17, 15) is 14.0 Å². The fourth-order valence-corrected chi connectivity index (χ4v) is 4.66. The van der Waals surface area contributed by atoms with Gasteiger partial charge in [-0.2, -0.15) is 10.2 Å². The van der Waals surface area contributed by atoms with Crippen LogP contribution in [0.25, 0.3) is 33.2 Å². The highest BCUT2D eigenvalue weighted by Crippen LogP contribution is 2.44. The van der Waals surface area contributed by atoms with Crippen molar-refractivity contribution in [2.45, 2.75) is 76.2 Å². The van der Waals surface area contributed by atoms with Gasteiger partial charge < -0.3 is 5.73 Å². The molecule has 0 aliphatic carbocycles. The van der Waals surface area contributed by atoms with Crippen LogP contribution in [0.2, 0.25) is 0 Å². The number of aryl methyl sites for hydroxylation is 1. The lowest BCUT2D eigenvalue weighted by Crippen LogP contribution is -2.38. The topological polar surface area (TPSA) is 90.6 Å². The predicted octanol–water partition coefficient (Wildman–Crippen LogP) is 8.06. The Balaban J connectivity index is 0.00000125. The molecule has 0 atom stereocenters. The number of nitrogens with two attached hydrogens (primary N) is 1. The Morgan fingerprint density at radius 2 is 1.55 bits per heavy atom. The number of rotatable bonds is 4. The average Bonchev–Trinajstić information content (AvgIpc) is 2.90. The lowest BCUT2D eigenvalue weighted by molar-refractivity contribution is -0.473. The number of hydrogen-bond acceptors (Lipinski definition) is 5. The zero-order valence-corrected chi connectivity index (χ0v) is 25.8. The summed E-state index contributed by atoms with van der Waals surface area (Å²) in [6.07, 6.45) is 0.872. The first-order chi connectivity index (χ1) is 19.1. The second-order valence-corrected chi connectivity index (χ2v) is 8.55. The van der Waals surface area contributed by atoms with Gasteiger partial charge in [-0.1, -0.05) is 59.2 Å². The SMILES string of the molecule is C=C(C)c1c(C)c(-c2ccc(F)c(C)c2/C(C#N)=C(\C)N)c(C)c2nc(F)nc([N+]3=CNC3)c12.CC.CC.CC. The lowest BCUT2D eigenvalue weighted by Gasteiger charge is -2.23. The van der Waals surface area contributed by atoms with Gasteiger partial charge in [-0.3, -0.25) is 5.32 Å². The molecular weight excluding hydrogens is 506 g/mol. The van der Waals surface area contributed by atoms with Crippen molar-refractivity contribution in [1.82, 2.24) is 15.3 Å². The van der Waals surface area contributed by atoms with E-state index in [1.165, 1.54) is 6.07 Å². The Labute approximate surface area is 238 Å². The Hall–Kier alpha value is -4.12. The van der Waals surface area contributed by atoms with Crippen LogP contribution < -0.4 is 11.1 Å². The monoisotopic (exact) mass is 549 g/mol. The van der Waals surface area contributed by atoms with Gasteiger partial charge in [0.25, 0.3) is 5.82 Å². The number of hydrogen-bond donors (Lipinski definition) is 2. The van der Waals surface area contributed by atoms with Crippen LogP contribution in [0, 0.1) is 44.0 Å². The van der Waals surface area contributed by atoms with Crippen LogP contribution in [0.1, 0.15) is 83.2 Å². The molecule has 0 fully saturated rings. The molecule has 1 aliphatic heterocycles. The number of benzene rings is 2. The molecule has 0 spiro atoms. The Morgan fingerprint density at radius 3 is 2.00 bits per heavy atom. The van der Waals surface area contributed by atoms with Gasteiger partial charge in [-0.25, -0.2) is 8.97 Å². The van der Waals surface area contributed by atoms with Gasteiger partial charge in [0.15, 0.2) is 13.0 Å². The maximum Gasteiger partial charge on any atom is 0.384 e. The molecule has 0 amide bonds. The maximum absolute atomic E-state index is 14.7. The smallest absolute Gasteiger partial charge is 0.384 e. The average molecular weight is 550 g/mol. The number of nitrogens with one attached hydrogen (secondary N) is 1. The van der Waals surface area contributed by atoms with Gasteiger partial charge in [-0.05, 0) is 79.6 Å². The van der Waals surface area contributed by atoms with Crippen LogP contribution in [0.4, 0.5) is 14.6 Å². The maximum atomic E-state index is 14.7. The van der Waals surface area contributed by atoms with E-state index in [-0.39, 0.29) is 11.3 Å². The van der Waals surface area contributed by atoms with Crippen molar-refractivity contribution >= 4 is 34.2 Å². The molecule has 2 aromatic carbocycles. The molecule has 0 saturated carbocycles. The Kier molecular flexibility index (Phi) is 12.6. The summed E-state index contributed by atoms with van der Waals surface area (Å²) in [4.78, 5) is 8.24. The Morgan fingerprint density at radius 1 is 0.975 bits per heavy atom. The highest BCUT2D eigenvalue weighted by Gasteiger charge is 2.29. The van der Waals surface area contributed by atoms with E-state index in [1.54, 1.807) is 30.8 Å². The molecule has 1 aliphatic rings. The quantitative estimate of drug-likeness (QED) is 0.195. The molecule has 0 saturated heterocycles. The van der Waals surface area contributed by atoms with Crippen molar-refractivity contribution in [3.8, 4) is 17.2 Å². The van der Waals surface area contributed by atoms with Gasteiger partial charge in [0, 0.05) is 11.3 Å². The number of aromatic nitrogens is 2. The summed E-state index contributed by atoms with van der Waals surface area (Å²) < 4.78 is 31.1. The van der Waals surface area contributed by atoms with Crippen LogP contribution in [0.5, 0.6) is 0 Å². The molecular formula is C32H43F2N6+. The van der Waals surface area contributed by atoms with Crippen LogP contribution in [-0.4, -0.2) is 27.6 Å². The largest absolute Gasteiger partial charge is 0.401 e. The van der Waals surface area contributed by atoms with Crippen LogP contribution in [0.3, 0.4) is 0 Å². The second-order valence-electron chi connectivity index (χ2n) is 8.55. The first kappa shape index (κ1) is 33.9. The Bertz CT molecular complexity index is 1510. The van der Waals surface area contributed by atoms with Gasteiger partial charge in [0.1, 0.15) is 11.9 Å². The number of nitriles is 1. The molecule has 8 heteroatoms. The van der Waals surface area contributed by atoms with E-state index in [0.717, 1.165) is 22.3 Å². The van der Waals surface area contributed by atoms with Crippen LogP contribution >= 0.6 is 0 Å². The fraction of sp³-hybridized carbons (Fsp3) is 0.375. The fourth-order valence-electron chi connectivity index (χ4n) is 4.66. The summed E-state index contributed by atoms with van der Waals surface area (Å²) in [6.45, 7) is 25.5. The molecule has 40 heavy (non-hydrogen) atoms. The molecule has 4 rings (SSSR count). The molecule has 3 aromatic rings. The highest BCUT2D eigenvalue weighted by molar-refractivity contribution is 6.05. The molecule has 1 aromatic heterocycles. The first-order valence-electron chi connectivity index (χ1n) is 13.7. The molecule has 214 valence electrons. The van der Waals surface area contributed by atoms with Crippen LogP contribution in [0.15, 0.2) is 24.4 Å². The number of nitrogens with zero attached hydrogens (tertiary/aromatic N) is 4. The lowest BCUT2D eigenvalue weighted by atomic mass is 9.82. The second kappa shape index (κ2) is 14.9. The number of halogens is 2. The number of allylic oxidation sites excluding steroid dienone is 3. The molecule has 0 unspecified atom stereocenters. The van der Waals surface area contributed by atoms with E-state index in [0.29, 0.717) is 45.6 Å². The van der Waals surface area contributed by atoms with Crippen molar-refractivity contribution in [2.24, 2.45) is 5.73 Å². The van der Waals surface area contributed by atoms with Crippen molar-refractivity contribution in [1.29, 1.82) is 5.26 Å². The zero-order chi connectivity index (χ0) is 30.9.